The molecule has 0 heterocycles. The average Bonchev–Trinajstić information content (AvgIpc) is 2.79. The Balaban J connectivity index is 1.70. The SMILES string of the molecule is NNC(Cc1cc(F)cc(Br)c1)C1C2CCCC21. The molecular weight excluding hydrogens is 295 g/mol. The molecule has 3 rings (SSSR count). The molecule has 0 aromatic heterocycles. The van der Waals surface area contributed by atoms with Crippen molar-refractivity contribution >= 4 is 15.9 Å². The van der Waals surface area contributed by atoms with E-state index in [4.69, 9.17) is 5.84 Å². The van der Waals surface area contributed by atoms with E-state index >= 15 is 0 Å². The summed E-state index contributed by atoms with van der Waals surface area (Å²) in [6.45, 7) is 0. The van der Waals surface area contributed by atoms with E-state index in [2.05, 4.69) is 21.4 Å². The Kier molecular flexibility index (Phi) is 3.43. The molecule has 1 aromatic rings. The summed E-state index contributed by atoms with van der Waals surface area (Å²) in [6.07, 6.45) is 4.87. The maximum absolute atomic E-state index is 13.3. The van der Waals surface area contributed by atoms with E-state index in [1.165, 1.54) is 25.3 Å². The first-order chi connectivity index (χ1) is 8.69. The molecule has 0 radical (unpaired) electrons. The van der Waals surface area contributed by atoms with E-state index in [9.17, 15) is 4.39 Å². The van der Waals surface area contributed by atoms with Gasteiger partial charge in [0.05, 0.1) is 0 Å². The van der Waals surface area contributed by atoms with Crippen LogP contribution in [-0.2, 0) is 6.42 Å². The van der Waals surface area contributed by atoms with Crippen molar-refractivity contribution in [3.05, 3.63) is 34.1 Å². The quantitative estimate of drug-likeness (QED) is 0.662. The maximum atomic E-state index is 13.3. The first-order valence-corrected chi connectivity index (χ1v) is 7.39. The molecule has 0 bridgehead atoms. The summed E-state index contributed by atoms with van der Waals surface area (Å²) in [5.74, 6) is 7.92. The summed E-state index contributed by atoms with van der Waals surface area (Å²) in [5, 5.41) is 0. The second kappa shape index (κ2) is 4.91. The Hall–Kier alpha value is -0.450. The topological polar surface area (TPSA) is 38.0 Å². The Morgan fingerprint density at radius 1 is 1.33 bits per heavy atom. The average molecular weight is 313 g/mol. The number of nitrogens with two attached hydrogens (primary N) is 1. The smallest absolute Gasteiger partial charge is 0.124 e. The molecule has 3 atom stereocenters. The fraction of sp³-hybridized carbons (Fsp3) is 0.571. The Bertz CT molecular complexity index is 421. The Labute approximate surface area is 115 Å². The van der Waals surface area contributed by atoms with Crippen LogP contribution in [0.25, 0.3) is 0 Å². The van der Waals surface area contributed by atoms with Gasteiger partial charge in [0.2, 0.25) is 0 Å². The lowest BCUT2D eigenvalue weighted by Crippen LogP contribution is -2.39. The first-order valence-electron chi connectivity index (χ1n) is 6.60. The Morgan fingerprint density at radius 3 is 2.67 bits per heavy atom. The number of hydrogen-bond donors (Lipinski definition) is 2. The third kappa shape index (κ3) is 2.33. The van der Waals surface area contributed by atoms with Crippen LogP contribution in [0.5, 0.6) is 0 Å². The van der Waals surface area contributed by atoms with Crippen molar-refractivity contribution in [3.8, 4) is 0 Å². The van der Waals surface area contributed by atoms with Crippen LogP contribution in [0.2, 0.25) is 0 Å². The van der Waals surface area contributed by atoms with Crippen molar-refractivity contribution in [2.45, 2.75) is 31.7 Å². The molecule has 4 heteroatoms. The second-order valence-corrected chi connectivity index (χ2v) is 6.51. The van der Waals surface area contributed by atoms with Gasteiger partial charge in [-0.2, -0.15) is 0 Å². The van der Waals surface area contributed by atoms with Gasteiger partial charge in [-0.05, 0) is 60.8 Å². The predicted molar refractivity (Wildman–Crippen MR) is 73.2 cm³/mol. The highest BCUT2D eigenvalue weighted by Gasteiger charge is 2.55. The molecule has 2 aliphatic carbocycles. The molecule has 2 aliphatic rings. The van der Waals surface area contributed by atoms with Gasteiger partial charge >= 0.3 is 0 Å². The molecule has 1 aromatic carbocycles. The van der Waals surface area contributed by atoms with E-state index in [1.807, 2.05) is 6.07 Å². The third-order valence-electron chi connectivity index (χ3n) is 4.53. The molecule has 0 amide bonds. The third-order valence-corrected chi connectivity index (χ3v) is 4.99. The van der Waals surface area contributed by atoms with Crippen LogP contribution < -0.4 is 11.3 Å². The van der Waals surface area contributed by atoms with Crippen molar-refractivity contribution in [2.75, 3.05) is 0 Å². The van der Waals surface area contributed by atoms with Gasteiger partial charge in [0, 0.05) is 10.5 Å². The minimum Gasteiger partial charge on any atom is -0.271 e. The summed E-state index contributed by atoms with van der Waals surface area (Å²) in [4.78, 5) is 0. The summed E-state index contributed by atoms with van der Waals surface area (Å²) in [5.41, 5.74) is 3.95. The van der Waals surface area contributed by atoms with E-state index in [1.54, 1.807) is 6.07 Å². The molecule has 2 nitrogen and oxygen atoms in total. The van der Waals surface area contributed by atoms with Gasteiger partial charge in [0.15, 0.2) is 0 Å². The van der Waals surface area contributed by atoms with Gasteiger partial charge in [0.25, 0.3) is 0 Å². The van der Waals surface area contributed by atoms with Gasteiger partial charge in [-0.15, -0.1) is 0 Å². The van der Waals surface area contributed by atoms with Crippen LogP contribution in [0, 0.1) is 23.6 Å². The summed E-state index contributed by atoms with van der Waals surface area (Å²) in [7, 11) is 0. The zero-order valence-electron chi connectivity index (χ0n) is 10.2. The second-order valence-electron chi connectivity index (χ2n) is 5.59. The predicted octanol–water partition coefficient (Wildman–Crippen LogP) is 3.01. The summed E-state index contributed by atoms with van der Waals surface area (Å²) < 4.78 is 14.1. The summed E-state index contributed by atoms with van der Waals surface area (Å²) >= 11 is 3.33. The highest BCUT2D eigenvalue weighted by Crippen LogP contribution is 2.59. The number of hydrogen-bond acceptors (Lipinski definition) is 2. The van der Waals surface area contributed by atoms with Crippen LogP contribution in [0.1, 0.15) is 24.8 Å². The molecule has 18 heavy (non-hydrogen) atoms. The normalized spacial score (nSPS) is 31.2. The van der Waals surface area contributed by atoms with Gasteiger partial charge in [-0.3, -0.25) is 11.3 Å². The standard InChI is InChI=1S/C14H18BrFN2/c15-9-4-8(5-10(16)7-9)6-13(18-17)14-11-2-1-3-12(11)14/h4-5,7,11-14,18H,1-3,6,17H2. The molecule has 0 saturated heterocycles. The number of benzene rings is 1. The molecule has 3 N–H and O–H groups in total. The minimum atomic E-state index is -0.189. The highest BCUT2D eigenvalue weighted by molar-refractivity contribution is 9.10. The van der Waals surface area contributed by atoms with Gasteiger partial charge in [-0.1, -0.05) is 22.4 Å². The van der Waals surface area contributed by atoms with Crippen LogP contribution in [0.4, 0.5) is 4.39 Å². The number of halogens is 2. The van der Waals surface area contributed by atoms with Gasteiger partial charge < -0.3 is 0 Å². The molecule has 0 spiro atoms. The van der Waals surface area contributed by atoms with E-state index < -0.39 is 0 Å². The zero-order valence-corrected chi connectivity index (χ0v) is 11.8. The highest BCUT2D eigenvalue weighted by atomic mass is 79.9. The van der Waals surface area contributed by atoms with Crippen molar-refractivity contribution in [1.29, 1.82) is 0 Å². The van der Waals surface area contributed by atoms with Crippen molar-refractivity contribution in [2.24, 2.45) is 23.6 Å². The lowest BCUT2D eigenvalue weighted by molar-refractivity contribution is 0.409. The van der Waals surface area contributed by atoms with E-state index in [0.29, 0.717) is 5.92 Å². The van der Waals surface area contributed by atoms with Crippen molar-refractivity contribution in [1.82, 2.24) is 5.43 Å². The van der Waals surface area contributed by atoms with Crippen LogP contribution in [0.15, 0.2) is 22.7 Å². The van der Waals surface area contributed by atoms with Crippen LogP contribution in [0.3, 0.4) is 0 Å². The molecule has 3 unspecified atom stereocenters. The number of nitrogens with one attached hydrogen (secondary N) is 1. The molecule has 2 saturated carbocycles. The maximum Gasteiger partial charge on any atom is 0.124 e. The van der Waals surface area contributed by atoms with Crippen LogP contribution >= 0.6 is 15.9 Å². The largest absolute Gasteiger partial charge is 0.271 e. The molecular formula is C14H18BrFN2. The minimum absolute atomic E-state index is 0.189. The van der Waals surface area contributed by atoms with E-state index in [0.717, 1.165) is 28.3 Å². The van der Waals surface area contributed by atoms with Crippen molar-refractivity contribution < 1.29 is 4.39 Å². The van der Waals surface area contributed by atoms with Crippen molar-refractivity contribution in [3.63, 3.8) is 0 Å². The fourth-order valence-corrected chi connectivity index (χ4v) is 4.28. The molecule has 2 fully saturated rings. The van der Waals surface area contributed by atoms with Gasteiger partial charge in [0.1, 0.15) is 5.82 Å². The van der Waals surface area contributed by atoms with Crippen LogP contribution in [-0.4, -0.2) is 6.04 Å². The summed E-state index contributed by atoms with van der Waals surface area (Å²) in [6, 6.07) is 5.35. The number of fused-ring (bicyclic) bond motifs is 1. The number of hydrazine groups is 1. The first kappa shape index (κ1) is 12.6. The number of rotatable bonds is 4. The fourth-order valence-electron chi connectivity index (χ4n) is 3.76. The van der Waals surface area contributed by atoms with E-state index in [-0.39, 0.29) is 11.9 Å². The lowest BCUT2D eigenvalue weighted by Gasteiger charge is -2.18. The monoisotopic (exact) mass is 312 g/mol. The molecule has 98 valence electrons. The lowest BCUT2D eigenvalue weighted by atomic mass is 9.97. The Morgan fingerprint density at radius 2 is 2.06 bits per heavy atom. The zero-order chi connectivity index (χ0) is 12.7. The van der Waals surface area contributed by atoms with Gasteiger partial charge in [-0.25, -0.2) is 4.39 Å². The molecule has 0 aliphatic heterocycles.